The highest BCUT2D eigenvalue weighted by Gasteiger charge is 2.25. The fourth-order valence-electron chi connectivity index (χ4n) is 4.15. The van der Waals surface area contributed by atoms with Gasteiger partial charge in [-0.15, -0.1) is 0 Å². The van der Waals surface area contributed by atoms with Gasteiger partial charge in [0.25, 0.3) is 7.82 Å². The molecule has 5 nitrogen and oxygen atoms in total. The molecule has 0 fully saturated rings. The molecule has 2 unspecified atom stereocenters. The van der Waals surface area contributed by atoms with Gasteiger partial charge in [-0.2, -0.15) is 11.8 Å². The summed E-state index contributed by atoms with van der Waals surface area (Å²) in [5.74, 6) is 2.32. The fraction of sp³-hybridized carbons (Fsp3) is 1.00. The molecule has 0 amide bonds. The lowest BCUT2D eigenvalue weighted by molar-refractivity contribution is -0.896. The second-order valence-electron chi connectivity index (χ2n) is 10.6. The van der Waals surface area contributed by atoms with Gasteiger partial charge < -0.3 is 18.8 Å². The van der Waals surface area contributed by atoms with E-state index in [1.807, 2.05) is 32.9 Å². The summed E-state index contributed by atoms with van der Waals surface area (Å²) in [5, 5.41) is 0. The maximum absolute atomic E-state index is 10.9. The van der Waals surface area contributed by atoms with E-state index in [1.54, 1.807) is 0 Å². The first-order valence-electron chi connectivity index (χ1n) is 13.7. The molecule has 0 aliphatic heterocycles. The maximum atomic E-state index is 10.9. The molecule has 0 aliphatic carbocycles. The van der Waals surface area contributed by atoms with Crippen LogP contribution >= 0.6 is 19.6 Å². The van der Waals surface area contributed by atoms with Crippen molar-refractivity contribution in [2.45, 2.75) is 129 Å². The average Bonchev–Trinajstić information content (AvgIpc) is 2.72. The quantitative estimate of drug-likeness (QED) is 0.0793. The summed E-state index contributed by atoms with van der Waals surface area (Å²) in [4.78, 5) is 19.7. The summed E-state index contributed by atoms with van der Waals surface area (Å²) >= 11 is 2.00. The lowest BCUT2D eigenvalue weighted by Crippen LogP contribution is -2.47. The number of likely N-dealkylation sites (N-methyl/N-ethyl adjacent to an activating group) is 1. The van der Waals surface area contributed by atoms with E-state index < -0.39 is 7.82 Å². The Morgan fingerprint density at radius 1 is 0.758 bits per heavy atom. The van der Waals surface area contributed by atoms with E-state index in [0.29, 0.717) is 4.48 Å². The van der Waals surface area contributed by atoms with Gasteiger partial charge in [-0.1, -0.05) is 103 Å². The van der Waals surface area contributed by atoms with Crippen molar-refractivity contribution >= 4 is 19.6 Å². The van der Waals surface area contributed by atoms with Crippen molar-refractivity contribution in [3.05, 3.63) is 0 Å². The van der Waals surface area contributed by atoms with Crippen molar-refractivity contribution in [3.63, 3.8) is 0 Å². The van der Waals surface area contributed by atoms with Gasteiger partial charge in [-0.25, -0.2) is 0 Å². The van der Waals surface area contributed by atoms with Crippen LogP contribution in [0.25, 0.3) is 0 Å². The Bertz CT molecular complexity index is 468. The van der Waals surface area contributed by atoms with Gasteiger partial charge >= 0.3 is 0 Å². The molecule has 33 heavy (non-hydrogen) atoms. The van der Waals surface area contributed by atoms with Crippen molar-refractivity contribution in [1.82, 2.24) is 0 Å². The zero-order valence-corrected chi connectivity index (χ0v) is 24.1. The highest BCUT2D eigenvalue weighted by atomic mass is 32.2. The van der Waals surface area contributed by atoms with E-state index in [-0.39, 0.29) is 12.6 Å². The zero-order chi connectivity index (χ0) is 24.8. The normalized spacial score (nSPS) is 15.0. The van der Waals surface area contributed by atoms with Crippen molar-refractivity contribution in [2.24, 2.45) is 0 Å². The summed E-state index contributed by atoms with van der Waals surface area (Å²) in [7, 11) is 1.46. The van der Waals surface area contributed by atoms with Crippen LogP contribution in [0.3, 0.4) is 0 Å². The molecule has 1 N–H and O–H groups in total. The molecule has 0 saturated carbocycles. The lowest BCUT2D eigenvalue weighted by Gasteiger charge is -2.35. The number of hydrogen-bond acceptors (Lipinski definition) is 4. The van der Waals surface area contributed by atoms with Crippen LogP contribution in [-0.4, -0.2) is 54.7 Å². The van der Waals surface area contributed by atoms with Gasteiger partial charge in [0.1, 0.15) is 12.6 Å². The van der Waals surface area contributed by atoms with E-state index in [9.17, 15) is 9.46 Å². The van der Waals surface area contributed by atoms with Crippen LogP contribution in [0.15, 0.2) is 0 Å². The molecule has 0 rings (SSSR count). The van der Waals surface area contributed by atoms with Gasteiger partial charge in [-0.3, -0.25) is 4.57 Å². The van der Waals surface area contributed by atoms with E-state index >= 15 is 0 Å². The van der Waals surface area contributed by atoms with Crippen LogP contribution in [0.2, 0.25) is 0 Å². The molecule has 0 aliphatic rings. The topological polar surface area (TPSA) is 69.6 Å². The predicted molar refractivity (Wildman–Crippen MR) is 144 cm³/mol. The van der Waals surface area contributed by atoms with E-state index in [0.717, 1.165) is 18.6 Å². The van der Waals surface area contributed by atoms with Crippen molar-refractivity contribution in [1.29, 1.82) is 0 Å². The van der Waals surface area contributed by atoms with Crippen molar-refractivity contribution in [2.75, 3.05) is 39.3 Å². The summed E-state index contributed by atoms with van der Waals surface area (Å²) in [6.07, 6.45) is 24.4. The fourth-order valence-corrected chi connectivity index (χ4v) is 5.49. The summed E-state index contributed by atoms with van der Waals surface area (Å²) in [5.41, 5.74) is 0. The largest absolute Gasteiger partial charge is 0.756 e. The Labute approximate surface area is 210 Å². The van der Waals surface area contributed by atoms with Crippen LogP contribution in [0.5, 0.6) is 0 Å². The Morgan fingerprint density at radius 3 is 1.55 bits per heavy atom. The van der Waals surface area contributed by atoms with E-state index in [1.165, 1.54) is 108 Å². The molecule has 200 valence electrons. The number of phosphoric acid groups is 1. The molecule has 0 aromatic carbocycles. The Hall–Kier alpha value is 0.420. The predicted octanol–water partition coefficient (Wildman–Crippen LogP) is 7.31. The first-order chi connectivity index (χ1) is 15.7. The van der Waals surface area contributed by atoms with Crippen LogP contribution in [0.1, 0.15) is 122 Å². The molecule has 7 heteroatoms. The standard InChI is InChI=1S/C26H56NO4PS/c1-5-6-7-8-9-10-11-12-13-14-15-16-17-18-19-20-23-33-24-21-22-26(27(2,3)4)25-31-32(28,29)30/h26H,5-25H2,1-4H3,(H-,28,29,30). The second-order valence-corrected chi connectivity index (χ2v) is 13.0. The minimum atomic E-state index is -4.63. The highest BCUT2D eigenvalue weighted by molar-refractivity contribution is 7.99. The Balaban J connectivity index is 3.40. The third kappa shape index (κ3) is 25.3. The number of hydrogen-bond donors (Lipinski definition) is 1. The summed E-state index contributed by atoms with van der Waals surface area (Å²) in [6.45, 7) is 2.33. The first kappa shape index (κ1) is 33.4. The zero-order valence-electron chi connectivity index (χ0n) is 22.4. The molecule has 0 aromatic rings. The molecule has 0 spiro atoms. The number of thioether (sulfide) groups is 1. The van der Waals surface area contributed by atoms with E-state index in [2.05, 4.69) is 11.4 Å². The first-order valence-corrected chi connectivity index (χ1v) is 16.4. The minimum absolute atomic E-state index is 0.0462. The Morgan fingerprint density at radius 2 is 1.15 bits per heavy atom. The van der Waals surface area contributed by atoms with Crippen LogP contribution in [0, 0.1) is 0 Å². The van der Waals surface area contributed by atoms with Gasteiger partial charge in [0.05, 0.1) is 21.1 Å². The minimum Gasteiger partial charge on any atom is -0.756 e. The number of quaternary nitrogens is 1. The van der Waals surface area contributed by atoms with Crippen molar-refractivity contribution in [3.8, 4) is 0 Å². The lowest BCUT2D eigenvalue weighted by atomic mass is 10.0. The Kier molecular flexibility index (Phi) is 22.0. The highest BCUT2D eigenvalue weighted by Crippen LogP contribution is 2.31. The third-order valence-electron chi connectivity index (χ3n) is 6.49. The molecule has 0 saturated heterocycles. The molecular formula is C26H56NO4PS. The molecule has 0 heterocycles. The number of phosphoric ester groups is 1. The van der Waals surface area contributed by atoms with Gasteiger partial charge in [0.2, 0.25) is 0 Å². The molecule has 0 aromatic heterocycles. The summed E-state index contributed by atoms with van der Waals surface area (Å²) in [6, 6.07) is 0.0653. The number of unbranched alkanes of at least 4 members (excludes halogenated alkanes) is 15. The monoisotopic (exact) mass is 509 g/mol. The molecule has 0 radical (unpaired) electrons. The van der Waals surface area contributed by atoms with Crippen LogP contribution < -0.4 is 4.89 Å². The molecule has 0 bridgehead atoms. The van der Waals surface area contributed by atoms with Gasteiger partial charge in [0.15, 0.2) is 0 Å². The van der Waals surface area contributed by atoms with Crippen LogP contribution in [0.4, 0.5) is 0 Å². The third-order valence-corrected chi connectivity index (χ3v) is 8.12. The van der Waals surface area contributed by atoms with Crippen LogP contribution in [-0.2, 0) is 9.09 Å². The van der Waals surface area contributed by atoms with Gasteiger partial charge in [0, 0.05) is 6.42 Å². The van der Waals surface area contributed by atoms with Crippen molar-refractivity contribution < 1.29 is 23.4 Å². The SMILES string of the molecule is CCCCCCCCCCCCCCCCCCSCCCC(COP(=O)([O-])O)[N+](C)(C)C. The maximum Gasteiger partial charge on any atom is 0.265 e. The summed E-state index contributed by atoms with van der Waals surface area (Å²) < 4.78 is 16.1. The average molecular weight is 510 g/mol. The number of rotatable bonds is 25. The molecular weight excluding hydrogens is 453 g/mol. The molecule has 2 atom stereocenters. The second kappa shape index (κ2) is 21.7. The van der Waals surface area contributed by atoms with Gasteiger partial charge in [-0.05, 0) is 24.3 Å². The smallest absolute Gasteiger partial charge is 0.265 e. The number of nitrogens with zero attached hydrogens (tertiary/aromatic N) is 1. The van der Waals surface area contributed by atoms with E-state index in [4.69, 9.17) is 4.89 Å².